The maximum absolute atomic E-state index is 10.9. The van der Waals surface area contributed by atoms with Crippen molar-refractivity contribution in [2.45, 2.75) is 31.8 Å². The molecule has 0 bridgehead atoms. The topological polar surface area (TPSA) is 110 Å². The van der Waals surface area contributed by atoms with E-state index in [1.165, 1.54) is 12.8 Å². The van der Waals surface area contributed by atoms with E-state index in [0.717, 1.165) is 6.20 Å². The van der Waals surface area contributed by atoms with Crippen molar-refractivity contribution in [1.29, 1.82) is 0 Å². The van der Waals surface area contributed by atoms with Gasteiger partial charge in [0.25, 0.3) is 0 Å². The summed E-state index contributed by atoms with van der Waals surface area (Å²) in [7, 11) is 2.06. The summed E-state index contributed by atoms with van der Waals surface area (Å²) in [5.74, 6) is 0.199. The molecular weight excluding hydrogens is 248 g/mol. The third-order valence-electron chi connectivity index (χ3n) is 3.37. The highest BCUT2D eigenvalue weighted by atomic mass is 16.6. The van der Waals surface area contributed by atoms with E-state index in [-0.39, 0.29) is 23.5 Å². The summed E-state index contributed by atoms with van der Waals surface area (Å²) in [5.41, 5.74) is 5.30. The summed E-state index contributed by atoms with van der Waals surface area (Å²) in [4.78, 5) is 20.1. The van der Waals surface area contributed by atoms with Crippen LogP contribution in [-0.2, 0) is 0 Å². The molecule has 0 spiro atoms. The number of aromatic nitrogens is 2. The zero-order valence-corrected chi connectivity index (χ0v) is 11.0. The molecule has 0 aromatic carbocycles. The zero-order chi connectivity index (χ0) is 14.0. The highest BCUT2D eigenvalue weighted by molar-refractivity contribution is 5.56. The molecule has 1 unspecified atom stereocenters. The Kier molecular flexibility index (Phi) is 3.79. The Labute approximate surface area is 111 Å². The van der Waals surface area contributed by atoms with Crippen molar-refractivity contribution in [1.82, 2.24) is 14.9 Å². The van der Waals surface area contributed by atoms with E-state index in [0.29, 0.717) is 12.6 Å². The summed E-state index contributed by atoms with van der Waals surface area (Å²) >= 11 is 0. The number of nitrogen functional groups attached to an aromatic ring is 1. The van der Waals surface area contributed by atoms with Crippen LogP contribution in [0.15, 0.2) is 6.20 Å². The Bertz CT molecular complexity index is 476. The monoisotopic (exact) mass is 266 g/mol. The third kappa shape index (κ3) is 3.28. The van der Waals surface area contributed by atoms with Crippen molar-refractivity contribution < 1.29 is 4.92 Å². The first-order chi connectivity index (χ1) is 8.99. The molecule has 104 valence electrons. The highest BCUT2D eigenvalue weighted by Crippen LogP contribution is 2.27. The Morgan fingerprint density at radius 2 is 2.37 bits per heavy atom. The van der Waals surface area contributed by atoms with Crippen molar-refractivity contribution in [3.8, 4) is 0 Å². The molecule has 1 heterocycles. The molecule has 1 fully saturated rings. The minimum Gasteiger partial charge on any atom is -0.368 e. The minimum atomic E-state index is -0.517. The normalized spacial score (nSPS) is 16.4. The summed E-state index contributed by atoms with van der Waals surface area (Å²) in [6.45, 7) is 2.64. The highest BCUT2D eigenvalue weighted by Gasteiger charge is 2.29. The molecule has 0 aliphatic heterocycles. The number of anilines is 2. The van der Waals surface area contributed by atoms with Crippen molar-refractivity contribution in [3.05, 3.63) is 16.3 Å². The van der Waals surface area contributed by atoms with Gasteiger partial charge in [-0.05, 0) is 26.8 Å². The van der Waals surface area contributed by atoms with Crippen molar-refractivity contribution in [3.63, 3.8) is 0 Å². The Morgan fingerprint density at radius 1 is 1.68 bits per heavy atom. The van der Waals surface area contributed by atoms with Crippen molar-refractivity contribution >= 4 is 17.5 Å². The molecule has 19 heavy (non-hydrogen) atoms. The second-order valence-corrected chi connectivity index (χ2v) is 4.85. The van der Waals surface area contributed by atoms with Gasteiger partial charge in [0.15, 0.2) is 0 Å². The van der Waals surface area contributed by atoms with Gasteiger partial charge in [0.2, 0.25) is 11.8 Å². The van der Waals surface area contributed by atoms with Crippen LogP contribution in [0.3, 0.4) is 0 Å². The largest absolute Gasteiger partial charge is 0.368 e. The van der Waals surface area contributed by atoms with E-state index >= 15 is 0 Å². The Morgan fingerprint density at radius 3 is 2.95 bits per heavy atom. The summed E-state index contributed by atoms with van der Waals surface area (Å²) < 4.78 is 0. The molecule has 1 aliphatic carbocycles. The summed E-state index contributed by atoms with van der Waals surface area (Å²) in [6, 6.07) is 0.908. The average molecular weight is 266 g/mol. The first-order valence-electron chi connectivity index (χ1n) is 6.21. The van der Waals surface area contributed by atoms with Crippen LogP contribution in [0.4, 0.5) is 17.5 Å². The summed E-state index contributed by atoms with van der Waals surface area (Å²) in [6.07, 6.45) is 3.57. The van der Waals surface area contributed by atoms with Crippen LogP contribution in [0.2, 0.25) is 0 Å². The molecule has 1 saturated carbocycles. The van der Waals surface area contributed by atoms with Gasteiger partial charge in [-0.1, -0.05) is 0 Å². The predicted octanol–water partition coefficient (Wildman–Crippen LogP) is 0.862. The van der Waals surface area contributed by atoms with Crippen molar-refractivity contribution in [2.24, 2.45) is 0 Å². The lowest BCUT2D eigenvalue weighted by Crippen LogP contribution is -2.36. The SMILES string of the molecule is CC(CNc1nc(N)ncc1[N+](=O)[O-])N(C)C1CC1. The van der Waals surface area contributed by atoms with E-state index in [1.54, 1.807) is 0 Å². The molecule has 1 aromatic heterocycles. The fourth-order valence-electron chi connectivity index (χ4n) is 1.88. The van der Waals surface area contributed by atoms with Gasteiger partial charge in [-0.3, -0.25) is 15.0 Å². The fourth-order valence-corrected chi connectivity index (χ4v) is 1.88. The van der Waals surface area contributed by atoms with E-state index in [2.05, 4.69) is 34.2 Å². The van der Waals surface area contributed by atoms with Crippen LogP contribution in [0.25, 0.3) is 0 Å². The van der Waals surface area contributed by atoms with Crippen molar-refractivity contribution in [2.75, 3.05) is 24.6 Å². The predicted molar refractivity (Wildman–Crippen MR) is 71.8 cm³/mol. The molecule has 0 radical (unpaired) electrons. The van der Waals surface area contributed by atoms with Crippen LogP contribution in [0, 0.1) is 10.1 Å². The molecule has 1 atom stereocenters. The molecular formula is C11H18N6O2. The number of hydrogen-bond donors (Lipinski definition) is 2. The molecule has 8 nitrogen and oxygen atoms in total. The van der Waals surface area contributed by atoms with Crippen LogP contribution in [0.1, 0.15) is 19.8 Å². The van der Waals surface area contributed by atoms with Gasteiger partial charge in [-0.15, -0.1) is 0 Å². The minimum absolute atomic E-state index is 0.0244. The number of rotatable bonds is 6. The van der Waals surface area contributed by atoms with Gasteiger partial charge >= 0.3 is 5.69 Å². The van der Waals surface area contributed by atoms with Crippen LogP contribution in [-0.4, -0.2) is 45.5 Å². The number of nitrogens with zero attached hydrogens (tertiary/aromatic N) is 4. The molecule has 1 aliphatic rings. The number of hydrogen-bond acceptors (Lipinski definition) is 7. The molecule has 8 heteroatoms. The van der Waals surface area contributed by atoms with Gasteiger partial charge in [0.1, 0.15) is 6.20 Å². The molecule has 0 amide bonds. The smallest absolute Gasteiger partial charge is 0.329 e. The second kappa shape index (κ2) is 5.35. The van der Waals surface area contributed by atoms with Gasteiger partial charge in [-0.2, -0.15) is 4.98 Å². The molecule has 0 saturated heterocycles. The first kappa shape index (κ1) is 13.5. The molecule has 2 rings (SSSR count). The summed E-state index contributed by atoms with van der Waals surface area (Å²) in [5, 5.41) is 13.8. The first-order valence-corrected chi connectivity index (χ1v) is 6.21. The number of nitro groups is 1. The lowest BCUT2D eigenvalue weighted by Gasteiger charge is -2.24. The Balaban J connectivity index is 2.01. The second-order valence-electron chi connectivity index (χ2n) is 4.85. The average Bonchev–Trinajstić information content (AvgIpc) is 3.18. The quantitative estimate of drug-likeness (QED) is 0.580. The van der Waals surface area contributed by atoms with Crippen LogP contribution >= 0.6 is 0 Å². The third-order valence-corrected chi connectivity index (χ3v) is 3.37. The lowest BCUT2D eigenvalue weighted by atomic mass is 10.3. The van der Waals surface area contributed by atoms with Crippen LogP contribution < -0.4 is 11.1 Å². The standard InChI is InChI=1S/C11H18N6O2/c1-7(16(2)8-3-4-8)5-13-10-9(17(18)19)6-14-11(12)15-10/h6-8H,3-5H2,1-2H3,(H3,12,13,14,15). The van der Waals surface area contributed by atoms with E-state index in [4.69, 9.17) is 5.73 Å². The zero-order valence-electron chi connectivity index (χ0n) is 11.0. The van der Waals surface area contributed by atoms with Gasteiger partial charge in [-0.25, -0.2) is 4.98 Å². The fraction of sp³-hybridized carbons (Fsp3) is 0.636. The van der Waals surface area contributed by atoms with E-state index in [9.17, 15) is 10.1 Å². The van der Waals surface area contributed by atoms with E-state index < -0.39 is 4.92 Å². The maximum atomic E-state index is 10.9. The van der Waals surface area contributed by atoms with Gasteiger partial charge in [0, 0.05) is 18.6 Å². The molecule has 1 aromatic rings. The van der Waals surface area contributed by atoms with Gasteiger partial charge in [0.05, 0.1) is 4.92 Å². The lowest BCUT2D eigenvalue weighted by molar-refractivity contribution is -0.384. The Hall–Kier alpha value is -1.96. The molecule has 3 N–H and O–H groups in total. The van der Waals surface area contributed by atoms with Gasteiger partial charge < -0.3 is 11.1 Å². The van der Waals surface area contributed by atoms with E-state index in [1.807, 2.05) is 0 Å². The maximum Gasteiger partial charge on any atom is 0.329 e. The number of nitrogens with two attached hydrogens (primary N) is 1. The van der Waals surface area contributed by atoms with Crippen LogP contribution in [0.5, 0.6) is 0 Å². The number of nitrogens with one attached hydrogen (secondary N) is 1. The number of likely N-dealkylation sites (N-methyl/N-ethyl adjacent to an activating group) is 1.